The van der Waals surface area contributed by atoms with Gasteiger partial charge in [0.25, 0.3) is 6.43 Å². The van der Waals surface area contributed by atoms with Crippen molar-refractivity contribution in [3.63, 3.8) is 0 Å². The average molecular weight is 204 g/mol. The molecule has 0 saturated carbocycles. The number of alkyl halides is 2. The molecule has 1 heterocycles. The molecule has 0 unspecified atom stereocenters. The molecule has 0 aliphatic rings. The van der Waals surface area contributed by atoms with Crippen LogP contribution in [0.5, 0.6) is 0 Å². The largest absolute Gasteiger partial charge is 0.392 e. The average Bonchev–Trinajstić information content (AvgIpc) is 2.16. The molecule has 1 aromatic rings. The Hall–Kier alpha value is -1.27. The van der Waals surface area contributed by atoms with Crippen LogP contribution in [0.1, 0.15) is 23.2 Å². The third-order valence-corrected chi connectivity index (χ3v) is 1.87. The fourth-order valence-corrected chi connectivity index (χ4v) is 1.22. The molecular weight excluding hydrogens is 194 g/mol. The molecule has 0 aromatic carbocycles. The summed E-state index contributed by atoms with van der Waals surface area (Å²) in [6.45, 7) is -0.623. The first-order chi connectivity index (χ1) is 6.60. The standard InChI is InChI=1S/C8H10F2N2O2/c9-8(10)7-5(3-13)4(2-11)1-6(14)12-7/h1,8,13H,2-3,11H2,(H,12,14). The second-order valence-corrected chi connectivity index (χ2v) is 2.71. The van der Waals surface area contributed by atoms with Gasteiger partial charge >= 0.3 is 0 Å². The van der Waals surface area contributed by atoms with Gasteiger partial charge in [-0.25, -0.2) is 8.78 Å². The van der Waals surface area contributed by atoms with E-state index in [4.69, 9.17) is 10.8 Å². The highest BCUT2D eigenvalue weighted by atomic mass is 19.3. The van der Waals surface area contributed by atoms with Crippen LogP contribution in [0.25, 0.3) is 0 Å². The lowest BCUT2D eigenvalue weighted by Gasteiger charge is -2.09. The lowest BCUT2D eigenvalue weighted by atomic mass is 10.1. The summed E-state index contributed by atoms with van der Waals surface area (Å²) in [5.41, 5.74) is 4.30. The molecule has 0 atom stereocenters. The van der Waals surface area contributed by atoms with Gasteiger partial charge in [0.2, 0.25) is 5.56 Å². The Morgan fingerprint density at radius 1 is 1.57 bits per heavy atom. The zero-order chi connectivity index (χ0) is 10.7. The zero-order valence-electron chi connectivity index (χ0n) is 7.26. The Morgan fingerprint density at radius 3 is 2.64 bits per heavy atom. The van der Waals surface area contributed by atoms with Crippen LogP contribution in [0.15, 0.2) is 10.9 Å². The molecule has 1 rings (SSSR count). The van der Waals surface area contributed by atoms with Gasteiger partial charge in [0, 0.05) is 18.2 Å². The lowest BCUT2D eigenvalue weighted by molar-refractivity contribution is 0.141. The SMILES string of the molecule is NCc1cc(=O)[nH]c(C(F)F)c1CO. The van der Waals surface area contributed by atoms with Gasteiger partial charge in [-0.2, -0.15) is 0 Å². The summed E-state index contributed by atoms with van der Waals surface area (Å²) in [7, 11) is 0. The van der Waals surface area contributed by atoms with Crippen LogP contribution in [0, 0.1) is 0 Å². The molecule has 0 bridgehead atoms. The summed E-state index contributed by atoms with van der Waals surface area (Å²) in [6.07, 6.45) is -2.82. The van der Waals surface area contributed by atoms with Gasteiger partial charge < -0.3 is 15.8 Å². The third kappa shape index (κ3) is 1.97. The molecule has 0 spiro atoms. The molecule has 4 N–H and O–H groups in total. The second-order valence-electron chi connectivity index (χ2n) is 2.71. The summed E-state index contributed by atoms with van der Waals surface area (Å²) in [5, 5.41) is 8.86. The van der Waals surface area contributed by atoms with E-state index in [1.54, 1.807) is 0 Å². The van der Waals surface area contributed by atoms with E-state index < -0.39 is 24.3 Å². The number of aliphatic hydroxyl groups excluding tert-OH is 1. The number of hydrogen-bond acceptors (Lipinski definition) is 3. The Labute approximate surface area is 78.4 Å². The molecule has 0 saturated heterocycles. The van der Waals surface area contributed by atoms with Crippen molar-refractivity contribution in [1.82, 2.24) is 4.98 Å². The number of aromatic nitrogens is 1. The van der Waals surface area contributed by atoms with E-state index in [0.29, 0.717) is 0 Å². The van der Waals surface area contributed by atoms with Gasteiger partial charge in [0.15, 0.2) is 0 Å². The first-order valence-electron chi connectivity index (χ1n) is 3.94. The molecule has 0 aliphatic heterocycles. The van der Waals surface area contributed by atoms with Crippen LogP contribution in [0.3, 0.4) is 0 Å². The minimum Gasteiger partial charge on any atom is -0.392 e. The van der Waals surface area contributed by atoms with Crippen LogP contribution < -0.4 is 11.3 Å². The molecule has 6 heteroatoms. The number of H-pyrrole nitrogens is 1. The van der Waals surface area contributed by atoms with E-state index in [2.05, 4.69) is 0 Å². The molecule has 4 nitrogen and oxygen atoms in total. The highest BCUT2D eigenvalue weighted by Crippen LogP contribution is 2.21. The molecule has 0 aliphatic carbocycles. The van der Waals surface area contributed by atoms with Gasteiger partial charge in [0.1, 0.15) is 0 Å². The van der Waals surface area contributed by atoms with Crippen molar-refractivity contribution in [2.45, 2.75) is 19.6 Å². The Bertz CT molecular complexity index is 376. The summed E-state index contributed by atoms with van der Waals surface area (Å²) in [6, 6.07) is 1.11. The van der Waals surface area contributed by atoms with Gasteiger partial charge in [-0.15, -0.1) is 0 Å². The van der Waals surface area contributed by atoms with Crippen LogP contribution in [0.2, 0.25) is 0 Å². The Kier molecular flexibility index (Phi) is 3.32. The molecule has 78 valence electrons. The monoisotopic (exact) mass is 204 g/mol. The Morgan fingerprint density at radius 2 is 2.21 bits per heavy atom. The van der Waals surface area contributed by atoms with Crippen molar-refractivity contribution in [1.29, 1.82) is 0 Å². The summed E-state index contributed by atoms with van der Waals surface area (Å²) < 4.78 is 24.8. The van der Waals surface area contributed by atoms with Gasteiger partial charge in [-0.05, 0) is 5.56 Å². The number of rotatable bonds is 3. The quantitative estimate of drug-likeness (QED) is 0.660. The number of aromatic amines is 1. The molecule has 0 amide bonds. The minimum absolute atomic E-state index is 0.00194. The minimum atomic E-state index is -2.82. The van der Waals surface area contributed by atoms with Crippen LogP contribution in [-0.4, -0.2) is 10.1 Å². The van der Waals surface area contributed by atoms with Gasteiger partial charge in [0.05, 0.1) is 12.3 Å². The number of nitrogens with one attached hydrogen (secondary N) is 1. The van der Waals surface area contributed by atoms with E-state index in [9.17, 15) is 13.6 Å². The maximum absolute atomic E-state index is 12.4. The highest BCUT2D eigenvalue weighted by molar-refractivity contribution is 5.30. The second kappa shape index (κ2) is 4.30. The fraction of sp³-hybridized carbons (Fsp3) is 0.375. The maximum Gasteiger partial charge on any atom is 0.278 e. The van der Waals surface area contributed by atoms with Crippen molar-refractivity contribution in [3.05, 3.63) is 33.2 Å². The number of hydrogen-bond donors (Lipinski definition) is 3. The molecule has 14 heavy (non-hydrogen) atoms. The van der Waals surface area contributed by atoms with Crippen molar-refractivity contribution in [3.8, 4) is 0 Å². The lowest BCUT2D eigenvalue weighted by Crippen LogP contribution is -2.16. The molecule has 1 aromatic heterocycles. The predicted molar refractivity (Wildman–Crippen MR) is 45.8 cm³/mol. The van der Waals surface area contributed by atoms with Crippen molar-refractivity contribution < 1.29 is 13.9 Å². The van der Waals surface area contributed by atoms with Crippen molar-refractivity contribution >= 4 is 0 Å². The van der Waals surface area contributed by atoms with Crippen LogP contribution >= 0.6 is 0 Å². The van der Waals surface area contributed by atoms with Gasteiger partial charge in [-0.1, -0.05) is 0 Å². The topological polar surface area (TPSA) is 79.1 Å². The van der Waals surface area contributed by atoms with E-state index >= 15 is 0 Å². The molecule has 0 fully saturated rings. The third-order valence-electron chi connectivity index (χ3n) is 1.87. The van der Waals surface area contributed by atoms with Crippen LogP contribution in [-0.2, 0) is 13.2 Å². The maximum atomic E-state index is 12.4. The number of aliphatic hydroxyl groups is 1. The number of nitrogens with two attached hydrogens (primary N) is 1. The fourth-order valence-electron chi connectivity index (χ4n) is 1.22. The van der Waals surface area contributed by atoms with Crippen LogP contribution in [0.4, 0.5) is 8.78 Å². The van der Waals surface area contributed by atoms with E-state index in [1.807, 2.05) is 4.98 Å². The van der Waals surface area contributed by atoms with E-state index in [1.165, 1.54) is 0 Å². The van der Waals surface area contributed by atoms with E-state index in [0.717, 1.165) is 6.07 Å². The molecular formula is C8H10F2N2O2. The van der Waals surface area contributed by atoms with Crippen molar-refractivity contribution in [2.24, 2.45) is 5.73 Å². The zero-order valence-corrected chi connectivity index (χ0v) is 7.26. The van der Waals surface area contributed by atoms with Gasteiger partial charge in [-0.3, -0.25) is 4.79 Å². The Balaban J connectivity index is 3.39. The predicted octanol–water partition coefficient (Wildman–Crippen LogP) is 0.263. The summed E-state index contributed by atoms with van der Waals surface area (Å²) in [4.78, 5) is 12.9. The highest BCUT2D eigenvalue weighted by Gasteiger charge is 2.16. The number of pyridine rings is 1. The van der Waals surface area contributed by atoms with Crippen molar-refractivity contribution in [2.75, 3.05) is 0 Å². The number of halogens is 2. The normalized spacial score (nSPS) is 10.9. The first kappa shape index (κ1) is 10.8. The molecule has 0 radical (unpaired) electrons. The smallest absolute Gasteiger partial charge is 0.278 e. The summed E-state index contributed by atoms with van der Waals surface area (Å²) in [5.74, 6) is 0. The van der Waals surface area contributed by atoms with E-state index in [-0.39, 0.29) is 17.7 Å². The first-order valence-corrected chi connectivity index (χ1v) is 3.94. The summed E-state index contributed by atoms with van der Waals surface area (Å²) >= 11 is 0.